The van der Waals surface area contributed by atoms with Crippen molar-refractivity contribution in [3.05, 3.63) is 72.3 Å². The Hall–Kier alpha value is -2.41. The highest BCUT2D eigenvalue weighted by molar-refractivity contribution is 5.94. The summed E-state index contributed by atoms with van der Waals surface area (Å²) in [6, 6.07) is 22.1. The molecule has 2 aliphatic rings. The molecule has 1 nitrogen and oxygen atoms in total. The molecule has 0 atom stereocenters. The van der Waals surface area contributed by atoms with Crippen LogP contribution in [-0.2, 0) is 0 Å². The molecule has 0 bridgehead atoms. The largest absolute Gasteiger partial charge is 0.298 e. The molecule has 1 aromatic carbocycles. The number of carbonyl (C=O) groups excluding carboxylic acids is 1. The molecule has 0 radical (unpaired) electrons. The summed E-state index contributed by atoms with van der Waals surface area (Å²) in [5.74, 6) is 0. The van der Waals surface area contributed by atoms with E-state index in [0.717, 1.165) is 23.0 Å². The van der Waals surface area contributed by atoms with E-state index in [-0.39, 0.29) is 0 Å². The first kappa shape index (κ1) is 10.7. The van der Waals surface area contributed by atoms with Gasteiger partial charge in [0, 0.05) is 5.56 Å². The molecule has 0 aromatic heterocycles. The Morgan fingerprint density at radius 3 is 2.22 bits per heavy atom. The van der Waals surface area contributed by atoms with Crippen LogP contribution in [-0.4, -0.2) is 6.29 Å². The Kier molecular flexibility index (Phi) is 2.66. The van der Waals surface area contributed by atoms with E-state index >= 15 is 0 Å². The van der Waals surface area contributed by atoms with Crippen molar-refractivity contribution < 1.29 is 4.79 Å². The van der Waals surface area contributed by atoms with Crippen molar-refractivity contribution in [1.82, 2.24) is 0 Å². The topological polar surface area (TPSA) is 17.1 Å². The average Bonchev–Trinajstić information content (AvgIpc) is 2.67. The maximum atomic E-state index is 11.1. The second-order valence-corrected chi connectivity index (χ2v) is 4.23. The Balaban J connectivity index is 2.26. The predicted molar refractivity (Wildman–Crippen MR) is 73.9 cm³/mol. The number of aldehydes is 1. The van der Waals surface area contributed by atoms with Crippen LogP contribution in [0.1, 0.15) is 10.4 Å². The van der Waals surface area contributed by atoms with Gasteiger partial charge in [0.15, 0.2) is 6.29 Å². The summed E-state index contributed by atoms with van der Waals surface area (Å²) in [5.41, 5.74) is 5.21. The Labute approximate surface area is 106 Å². The quantitative estimate of drug-likeness (QED) is 0.603. The summed E-state index contributed by atoms with van der Waals surface area (Å²) in [6.07, 6.45) is 0.914. The highest BCUT2D eigenvalue weighted by Crippen LogP contribution is 2.35. The molecule has 1 aromatic rings. The lowest BCUT2D eigenvalue weighted by Gasteiger charge is -2.05. The van der Waals surface area contributed by atoms with E-state index in [0.29, 0.717) is 0 Å². The third-order valence-electron chi connectivity index (χ3n) is 3.17. The zero-order chi connectivity index (χ0) is 12.4. The minimum absolute atomic E-state index is 0.733. The van der Waals surface area contributed by atoms with E-state index in [4.69, 9.17) is 0 Å². The van der Waals surface area contributed by atoms with Gasteiger partial charge >= 0.3 is 0 Å². The molecule has 0 fully saturated rings. The van der Waals surface area contributed by atoms with Crippen molar-refractivity contribution in [2.75, 3.05) is 0 Å². The Morgan fingerprint density at radius 2 is 1.33 bits per heavy atom. The molecule has 0 heterocycles. The fraction of sp³-hybridized carbons (Fsp3) is 0. The van der Waals surface area contributed by atoms with Crippen molar-refractivity contribution in [2.24, 2.45) is 0 Å². The van der Waals surface area contributed by atoms with Crippen LogP contribution in [0.15, 0.2) is 66.7 Å². The molecule has 0 N–H and O–H groups in total. The average molecular weight is 232 g/mol. The van der Waals surface area contributed by atoms with Gasteiger partial charge in [-0.2, -0.15) is 0 Å². The van der Waals surface area contributed by atoms with Crippen LogP contribution in [0.3, 0.4) is 0 Å². The van der Waals surface area contributed by atoms with E-state index in [1.165, 1.54) is 11.1 Å². The maximum Gasteiger partial charge on any atom is 0.150 e. The van der Waals surface area contributed by atoms with E-state index in [1.54, 1.807) is 0 Å². The Morgan fingerprint density at radius 1 is 0.611 bits per heavy atom. The SMILES string of the molecule is O=Cc1ccccc1-c1ccc2cccccc1-2. The predicted octanol–water partition coefficient (Wildman–Crippen LogP) is 4.27. The number of hydrogen-bond donors (Lipinski definition) is 0. The second-order valence-electron chi connectivity index (χ2n) is 4.23. The van der Waals surface area contributed by atoms with Gasteiger partial charge in [-0.15, -0.1) is 0 Å². The molecule has 0 saturated heterocycles. The number of benzene rings is 1. The number of hydrogen-bond acceptors (Lipinski definition) is 1. The van der Waals surface area contributed by atoms with Crippen molar-refractivity contribution in [3.63, 3.8) is 0 Å². The van der Waals surface area contributed by atoms with Crippen LogP contribution < -0.4 is 0 Å². The smallest absolute Gasteiger partial charge is 0.150 e. The van der Waals surface area contributed by atoms with Crippen molar-refractivity contribution in [3.8, 4) is 22.3 Å². The summed E-state index contributed by atoms with van der Waals surface area (Å²) in [7, 11) is 0. The lowest BCUT2D eigenvalue weighted by Crippen LogP contribution is -1.86. The fourth-order valence-corrected chi connectivity index (χ4v) is 2.29. The molecule has 86 valence electrons. The molecule has 1 heteroatoms. The summed E-state index contributed by atoms with van der Waals surface area (Å²) in [6.45, 7) is 0. The molecule has 0 aliphatic heterocycles. The van der Waals surface area contributed by atoms with Gasteiger partial charge in [0.2, 0.25) is 0 Å². The molecule has 2 aliphatic carbocycles. The van der Waals surface area contributed by atoms with Crippen LogP contribution >= 0.6 is 0 Å². The van der Waals surface area contributed by atoms with Gasteiger partial charge in [0.1, 0.15) is 0 Å². The first-order valence-corrected chi connectivity index (χ1v) is 5.92. The van der Waals surface area contributed by atoms with Gasteiger partial charge in [-0.05, 0) is 22.3 Å². The zero-order valence-electron chi connectivity index (χ0n) is 9.84. The van der Waals surface area contributed by atoms with Crippen LogP contribution in [0.4, 0.5) is 0 Å². The van der Waals surface area contributed by atoms with E-state index in [1.807, 2.05) is 42.5 Å². The van der Waals surface area contributed by atoms with Crippen LogP contribution in [0.25, 0.3) is 22.3 Å². The number of rotatable bonds is 2. The molecule has 0 unspecified atom stereocenters. The van der Waals surface area contributed by atoms with E-state index in [9.17, 15) is 4.79 Å². The molecule has 0 spiro atoms. The lowest BCUT2D eigenvalue weighted by molar-refractivity contribution is 0.112. The standard InChI is InChI=1S/C17H12O/c18-12-14-7-4-5-9-16(14)17-11-10-13-6-2-1-3-8-15(13)17/h1-12H. The first-order valence-electron chi connectivity index (χ1n) is 5.92. The summed E-state index contributed by atoms with van der Waals surface area (Å²) >= 11 is 0. The van der Waals surface area contributed by atoms with Crippen molar-refractivity contribution in [2.45, 2.75) is 0 Å². The third kappa shape index (κ3) is 1.70. The molecule has 3 rings (SSSR count). The van der Waals surface area contributed by atoms with Gasteiger partial charge in [0.25, 0.3) is 0 Å². The summed E-state index contributed by atoms with van der Waals surface area (Å²) in [4.78, 5) is 11.1. The van der Waals surface area contributed by atoms with Crippen LogP contribution in [0.5, 0.6) is 0 Å². The molecule has 18 heavy (non-hydrogen) atoms. The first-order chi connectivity index (χ1) is 8.90. The van der Waals surface area contributed by atoms with Gasteiger partial charge in [-0.3, -0.25) is 4.79 Å². The van der Waals surface area contributed by atoms with E-state index < -0.39 is 0 Å². The zero-order valence-corrected chi connectivity index (χ0v) is 9.84. The van der Waals surface area contributed by atoms with Gasteiger partial charge < -0.3 is 0 Å². The molecular weight excluding hydrogens is 220 g/mol. The minimum atomic E-state index is 0.733. The van der Waals surface area contributed by atoms with Gasteiger partial charge in [0.05, 0.1) is 0 Å². The minimum Gasteiger partial charge on any atom is -0.298 e. The van der Waals surface area contributed by atoms with Crippen molar-refractivity contribution in [1.29, 1.82) is 0 Å². The highest BCUT2D eigenvalue weighted by Gasteiger charge is 2.11. The summed E-state index contributed by atoms with van der Waals surface area (Å²) in [5, 5.41) is 0. The highest BCUT2D eigenvalue weighted by atomic mass is 16.1. The molecular formula is C17H12O. The number of carbonyl (C=O) groups is 1. The van der Waals surface area contributed by atoms with Gasteiger partial charge in [-0.25, -0.2) is 0 Å². The summed E-state index contributed by atoms with van der Waals surface area (Å²) < 4.78 is 0. The lowest BCUT2D eigenvalue weighted by atomic mass is 9.98. The van der Waals surface area contributed by atoms with Crippen LogP contribution in [0.2, 0.25) is 0 Å². The van der Waals surface area contributed by atoms with Crippen molar-refractivity contribution >= 4 is 6.29 Å². The van der Waals surface area contributed by atoms with Crippen LogP contribution in [0, 0.1) is 0 Å². The maximum absolute atomic E-state index is 11.1. The molecule has 0 amide bonds. The normalized spacial score (nSPS) is 10.4. The Bertz CT molecular complexity index is 670. The molecule has 0 saturated carbocycles. The van der Waals surface area contributed by atoms with E-state index in [2.05, 4.69) is 24.3 Å². The fourth-order valence-electron chi connectivity index (χ4n) is 2.29. The second kappa shape index (κ2) is 4.46. The third-order valence-corrected chi connectivity index (χ3v) is 3.17. The monoisotopic (exact) mass is 232 g/mol. The van der Waals surface area contributed by atoms with Gasteiger partial charge in [-0.1, -0.05) is 66.7 Å². The number of fused-ring (bicyclic) bond motifs is 1.